The molecule has 5 rings (SSSR count). The Balaban J connectivity index is 1.39. The first-order valence-corrected chi connectivity index (χ1v) is 9.95. The molecule has 1 aromatic heterocycles. The maximum Gasteiger partial charge on any atom is 0.261 e. The van der Waals surface area contributed by atoms with Gasteiger partial charge in [-0.2, -0.15) is 0 Å². The molecule has 2 bridgehead atoms. The molecule has 4 heterocycles. The largest absolute Gasteiger partial charge is 0.508 e. The summed E-state index contributed by atoms with van der Waals surface area (Å²) in [5.74, 6) is 0.961. The molecular weight excluding hydrogens is 340 g/mol. The van der Waals surface area contributed by atoms with Crippen LogP contribution in [0, 0.1) is 5.92 Å². The number of phenolic OH excluding ortho intramolecular Hbond substituents is 1. The zero-order chi connectivity index (χ0) is 16.5. The van der Waals surface area contributed by atoms with Crippen molar-refractivity contribution in [3.8, 4) is 5.75 Å². The van der Waals surface area contributed by atoms with E-state index < -0.39 is 0 Å². The van der Waals surface area contributed by atoms with Crippen molar-refractivity contribution in [2.45, 2.75) is 28.7 Å². The number of aromatic hydroxyl groups is 1. The summed E-state index contributed by atoms with van der Waals surface area (Å²) in [7, 11) is 0. The summed E-state index contributed by atoms with van der Waals surface area (Å²) in [6.45, 7) is 3.36. The highest BCUT2D eigenvalue weighted by Crippen LogP contribution is 2.33. The van der Waals surface area contributed by atoms with E-state index in [2.05, 4.69) is 10.2 Å². The minimum Gasteiger partial charge on any atom is -0.508 e. The number of hydrogen-bond acceptors (Lipinski definition) is 5. The predicted molar refractivity (Wildman–Crippen MR) is 97.0 cm³/mol. The Morgan fingerprint density at radius 2 is 1.96 bits per heavy atom. The van der Waals surface area contributed by atoms with Gasteiger partial charge in [0, 0.05) is 27.8 Å². The van der Waals surface area contributed by atoms with Crippen LogP contribution < -0.4 is 5.32 Å². The Hall–Kier alpha value is -1.50. The maximum atomic E-state index is 12.5. The molecule has 24 heavy (non-hydrogen) atoms. The molecule has 3 aliphatic rings. The van der Waals surface area contributed by atoms with E-state index in [1.807, 2.05) is 23.6 Å². The van der Waals surface area contributed by atoms with Crippen molar-refractivity contribution in [3.63, 3.8) is 0 Å². The molecular formula is C18H20N2O2S2. The van der Waals surface area contributed by atoms with E-state index >= 15 is 0 Å². The van der Waals surface area contributed by atoms with Crippen molar-refractivity contribution in [1.29, 1.82) is 0 Å². The van der Waals surface area contributed by atoms with Gasteiger partial charge < -0.3 is 15.3 Å². The molecule has 0 saturated carbocycles. The Bertz CT molecular complexity index is 721. The minimum absolute atomic E-state index is 0.0521. The second kappa shape index (κ2) is 6.78. The van der Waals surface area contributed by atoms with Crippen LogP contribution in [0.1, 0.15) is 22.5 Å². The molecule has 3 fully saturated rings. The molecule has 2 N–H and O–H groups in total. The summed E-state index contributed by atoms with van der Waals surface area (Å²) >= 11 is 3.10. The molecule has 0 aliphatic carbocycles. The van der Waals surface area contributed by atoms with Crippen molar-refractivity contribution >= 4 is 29.0 Å². The van der Waals surface area contributed by atoms with Gasteiger partial charge in [-0.15, -0.1) is 11.3 Å². The highest BCUT2D eigenvalue weighted by atomic mass is 32.2. The molecule has 0 unspecified atom stereocenters. The Labute approximate surface area is 149 Å². The third-order valence-electron chi connectivity index (χ3n) is 4.84. The number of benzene rings is 1. The normalized spacial score (nSPS) is 25.6. The molecule has 1 atom stereocenters. The number of thiophene rings is 1. The van der Waals surface area contributed by atoms with Crippen LogP contribution in [-0.2, 0) is 0 Å². The van der Waals surface area contributed by atoms with Crippen LogP contribution in [-0.4, -0.2) is 41.6 Å². The number of rotatable bonds is 4. The molecule has 4 nitrogen and oxygen atoms in total. The van der Waals surface area contributed by atoms with E-state index in [-0.39, 0.29) is 11.7 Å². The molecule has 126 valence electrons. The zero-order valence-corrected chi connectivity index (χ0v) is 14.9. The van der Waals surface area contributed by atoms with E-state index in [0.717, 1.165) is 21.2 Å². The molecule has 1 amide bonds. The van der Waals surface area contributed by atoms with Gasteiger partial charge in [-0.1, -0.05) is 11.8 Å². The van der Waals surface area contributed by atoms with Gasteiger partial charge in [-0.3, -0.25) is 4.79 Å². The molecule has 0 spiro atoms. The van der Waals surface area contributed by atoms with Gasteiger partial charge in [0.1, 0.15) is 5.75 Å². The van der Waals surface area contributed by atoms with Gasteiger partial charge in [0.2, 0.25) is 0 Å². The van der Waals surface area contributed by atoms with Gasteiger partial charge in [0.25, 0.3) is 5.91 Å². The molecule has 3 saturated heterocycles. The Kier molecular flexibility index (Phi) is 4.52. The molecule has 0 radical (unpaired) electrons. The van der Waals surface area contributed by atoms with Crippen molar-refractivity contribution in [2.75, 3.05) is 19.6 Å². The highest BCUT2D eigenvalue weighted by molar-refractivity contribution is 7.99. The summed E-state index contributed by atoms with van der Waals surface area (Å²) in [6.07, 6.45) is 2.41. The Morgan fingerprint density at radius 1 is 1.21 bits per heavy atom. The van der Waals surface area contributed by atoms with Crippen LogP contribution in [0.25, 0.3) is 0 Å². The fourth-order valence-electron chi connectivity index (χ4n) is 3.51. The number of carbonyl (C=O) groups excluding carboxylic acids is 1. The van der Waals surface area contributed by atoms with Gasteiger partial charge in [-0.25, -0.2) is 0 Å². The van der Waals surface area contributed by atoms with Gasteiger partial charge in [-0.05, 0) is 62.2 Å². The van der Waals surface area contributed by atoms with Gasteiger partial charge in [0.05, 0.1) is 4.88 Å². The topological polar surface area (TPSA) is 52.6 Å². The zero-order valence-electron chi connectivity index (χ0n) is 13.3. The summed E-state index contributed by atoms with van der Waals surface area (Å²) in [4.78, 5) is 17.9. The van der Waals surface area contributed by atoms with Crippen LogP contribution in [0.3, 0.4) is 0 Å². The number of fused-ring (bicyclic) bond motifs is 3. The Morgan fingerprint density at radius 3 is 2.62 bits per heavy atom. The molecule has 6 heteroatoms. The predicted octanol–water partition coefficient (Wildman–Crippen LogP) is 3.43. The first kappa shape index (κ1) is 16.0. The van der Waals surface area contributed by atoms with Crippen molar-refractivity contribution < 1.29 is 9.90 Å². The summed E-state index contributed by atoms with van der Waals surface area (Å²) in [5.41, 5.74) is 0. The van der Waals surface area contributed by atoms with Crippen molar-refractivity contribution in [2.24, 2.45) is 5.92 Å². The first-order chi connectivity index (χ1) is 11.7. The van der Waals surface area contributed by atoms with E-state index in [1.54, 1.807) is 23.9 Å². The lowest BCUT2D eigenvalue weighted by Crippen LogP contribution is -2.57. The van der Waals surface area contributed by atoms with E-state index in [4.69, 9.17) is 0 Å². The van der Waals surface area contributed by atoms with Crippen molar-refractivity contribution in [3.05, 3.63) is 40.6 Å². The molecule has 3 aliphatic heterocycles. The molecule has 1 aromatic carbocycles. The number of piperidine rings is 3. The lowest BCUT2D eigenvalue weighted by molar-refractivity contribution is 0.0622. The second-order valence-corrected chi connectivity index (χ2v) is 8.52. The second-order valence-electron chi connectivity index (χ2n) is 6.46. The third-order valence-corrected chi connectivity index (χ3v) is 6.90. The number of amides is 1. The average molecular weight is 361 g/mol. The van der Waals surface area contributed by atoms with Gasteiger partial charge >= 0.3 is 0 Å². The highest BCUT2D eigenvalue weighted by Gasteiger charge is 2.35. The van der Waals surface area contributed by atoms with Crippen LogP contribution in [0.4, 0.5) is 0 Å². The summed E-state index contributed by atoms with van der Waals surface area (Å²) < 4.78 is 0. The molecule has 2 aromatic rings. The number of hydrogen-bond donors (Lipinski definition) is 2. The summed E-state index contributed by atoms with van der Waals surface area (Å²) in [6, 6.07) is 9.37. The van der Waals surface area contributed by atoms with E-state index in [0.29, 0.717) is 12.0 Å². The average Bonchev–Trinajstić information content (AvgIpc) is 3.07. The smallest absolute Gasteiger partial charge is 0.261 e. The monoisotopic (exact) mass is 360 g/mol. The number of nitrogens with one attached hydrogen (secondary N) is 1. The lowest BCUT2D eigenvalue weighted by Gasteiger charge is -2.44. The fourth-order valence-corrected chi connectivity index (χ4v) is 5.31. The fraction of sp³-hybridized carbons (Fsp3) is 0.389. The number of nitrogens with zero attached hydrogens (tertiary/aromatic N) is 1. The summed E-state index contributed by atoms with van der Waals surface area (Å²) in [5, 5.41) is 14.6. The number of phenols is 1. The minimum atomic E-state index is 0.0521. The number of carbonyl (C=O) groups is 1. The van der Waals surface area contributed by atoms with E-state index in [1.165, 1.54) is 37.3 Å². The maximum absolute atomic E-state index is 12.5. The lowest BCUT2D eigenvalue weighted by atomic mass is 9.84. The van der Waals surface area contributed by atoms with Crippen LogP contribution in [0.5, 0.6) is 5.75 Å². The van der Waals surface area contributed by atoms with Crippen LogP contribution in [0.15, 0.2) is 45.5 Å². The van der Waals surface area contributed by atoms with Crippen LogP contribution >= 0.6 is 23.1 Å². The first-order valence-electron chi connectivity index (χ1n) is 8.26. The SMILES string of the molecule is O=C(N[C@H]1CN2CCC1CC2)c1cc(Sc2ccc(O)cc2)cs1. The van der Waals surface area contributed by atoms with E-state index in [9.17, 15) is 9.90 Å². The van der Waals surface area contributed by atoms with Crippen molar-refractivity contribution in [1.82, 2.24) is 10.2 Å². The standard InChI is InChI=1S/C18H20N2O2S2/c21-13-1-3-14(4-2-13)24-15-9-17(23-11-15)18(22)19-16-10-20-7-5-12(16)6-8-20/h1-4,9,11-12,16,21H,5-8,10H2,(H,19,22)/t16-/m0/s1. The van der Waals surface area contributed by atoms with Gasteiger partial charge in [0.15, 0.2) is 0 Å². The third kappa shape index (κ3) is 3.45. The van der Waals surface area contributed by atoms with Crippen LogP contribution in [0.2, 0.25) is 0 Å². The quantitative estimate of drug-likeness (QED) is 0.877.